The Labute approximate surface area is 120 Å². The maximum Gasteiger partial charge on any atom is 0.587 e. The van der Waals surface area contributed by atoms with Gasteiger partial charge in [-0.1, -0.05) is 24.3 Å². The predicted octanol–water partition coefficient (Wildman–Crippen LogP) is 4.57. The Hall–Kier alpha value is -1.91. The number of hydrogen-bond acceptors (Lipinski definition) is 4. The van der Waals surface area contributed by atoms with Crippen LogP contribution in [0.5, 0.6) is 11.5 Å². The molecule has 0 saturated carbocycles. The summed E-state index contributed by atoms with van der Waals surface area (Å²) < 4.78 is 54.5. The van der Waals surface area contributed by atoms with Crippen molar-refractivity contribution >= 4 is 7.82 Å². The van der Waals surface area contributed by atoms with E-state index in [4.69, 9.17) is 13.6 Å². The lowest BCUT2D eigenvalue weighted by atomic mass is 10.3. The number of phosphoric acid groups is 1. The molecule has 2 aromatic carbocycles. The van der Waals surface area contributed by atoms with E-state index in [9.17, 15) is 13.3 Å². The van der Waals surface area contributed by atoms with Crippen LogP contribution in [0, 0.1) is 11.6 Å². The minimum absolute atomic E-state index is 0.0137. The third-order valence-electron chi connectivity index (χ3n) is 2.38. The van der Waals surface area contributed by atoms with Crippen molar-refractivity contribution in [3.05, 3.63) is 60.2 Å². The van der Waals surface area contributed by atoms with E-state index in [0.29, 0.717) is 0 Å². The molecule has 0 radical (unpaired) electrons. The van der Waals surface area contributed by atoms with E-state index in [2.05, 4.69) is 0 Å². The molecule has 21 heavy (non-hydrogen) atoms. The van der Waals surface area contributed by atoms with Gasteiger partial charge in [0, 0.05) is 0 Å². The molecule has 0 spiro atoms. The van der Waals surface area contributed by atoms with E-state index in [0.717, 1.165) is 12.1 Å². The van der Waals surface area contributed by atoms with Gasteiger partial charge in [-0.05, 0) is 31.2 Å². The van der Waals surface area contributed by atoms with Crippen LogP contribution in [0.15, 0.2) is 48.5 Å². The van der Waals surface area contributed by atoms with Gasteiger partial charge in [0.15, 0.2) is 23.1 Å². The SMILES string of the molecule is CCOP(=O)(Oc1ccccc1F)Oc1ccccc1F. The van der Waals surface area contributed by atoms with Gasteiger partial charge in [-0.15, -0.1) is 0 Å². The number of rotatable bonds is 6. The molecule has 0 N–H and O–H groups in total. The molecule has 0 aliphatic carbocycles. The molecule has 0 amide bonds. The summed E-state index contributed by atoms with van der Waals surface area (Å²) in [5.41, 5.74) is 0. The smallest absolute Gasteiger partial charge is 0.392 e. The molecule has 0 bridgehead atoms. The second-order valence-electron chi connectivity index (χ2n) is 3.91. The first-order chi connectivity index (χ1) is 10.0. The van der Waals surface area contributed by atoms with Crippen molar-refractivity contribution in [3.8, 4) is 11.5 Å². The van der Waals surface area contributed by atoms with Crippen LogP contribution in [0.3, 0.4) is 0 Å². The molecule has 0 aliphatic rings. The molecular weight excluding hydrogens is 301 g/mol. The topological polar surface area (TPSA) is 44.8 Å². The van der Waals surface area contributed by atoms with Crippen molar-refractivity contribution in [1.29, 1.82) is 0 Å². The average molecular weight is 314 g/mol. The molecule has 112 valence electrons. The van der Waals surface area contributed by atoms with Gasteiger partial charge in [0.25, 0.3) is 0 Å². The van der Waals surface area contributed by atoms with Gasteiger partial charge in [-0.3, -0.25) is 4.52 Å². The Morgan fingerprint density at radius 3 is 1.71 bits per heavy atom. The third kappa shape index (κ3) is 4.03. The summed E-state index contributed by atoms with van der Waals surface area (Å²) in [5.74, 6) is -2.06. The number of halogens is 2. The van der Waals surface area contributed by atoms with Crippen LogP contribution in [0.25, 0.3) is 0 Å². The van der Waals surface area contributed by atoms with Crippen LogP contribution in [-0.2, 0) is 9.09 Å². The Morgan fingerprint density at radius 1 is 0.905 bits per heavy atom. The first-order valence-electron chi connectivity index (χ1n) is 6.17. The highest BCUT2D eigenvalue weighted by molar-refractivity contribution is 7.49. The van der Waals surface area contributed by atoms with E-state index < -0.39 is 19.5 Å². The molecule has 4 nitrogen and oxygen atoms in total. The van der Waals surface area contributed by atoms with Crippen molar-refractivity contribution in [1.82, 2.24) is 0 Å². The van der Waals surface area contributed by atoms with Crippen molar-refractivity contribution in [2.24, 2.45) is 0 Å². The molecule has 2 aromatic rings. The van der Waals surface area contributed by atoms with Gasteiger partial charge in [0.1, 0.15) is 0 Å². The second kappa shape index (κ2) is 6.70. The van der Waals surface area contributed by atoms with E-state index in [1.54, 1.807) is 6.92 Å². The predicted molar refractivity (Wildman–Crippen MR) is 73.3 cm³/mol. The zero-order chi connectivity index (χ0) is 15.3. The highest BCUT2D eigenvalue weighted by atomic mass is 31.2. The fraction of sp³-hybridized carbons (Fsp3) is 0.143. The van der Waals surface area contributed by atoms with Crippen LogP contribution in [0.1, 0.15) is 6.92 Å². The largest absolute Gasteiger partial charge is 0.587 e. The first kappa shape index (κ1) is 15.5. The Kier molecular flexibility index (Phi) is 4.94. The number of para-hydroxylation sites is 2. The van der Waals surface area contributed by atoms with Gasteiger partial charge >= 0.3 is 7.82 Å². The summed E-state index contributed by atoms with van der Waals surface area (Å²) in [4.78, 5) is 0. The maximum atomic E-state index is 13.5. The van der Waals surface area contributed by atoms with Gasteiger partial charge in [0.2, 0.25) is 0 Å². The number of benzene rings is 2. The molecule has 0 atom stereocenters. The van der Waals surface area contributed by atoms with Gasteiger partial charge in [0.05, 0.1) is 6.61 Å². The average Bonchev–Trinajstić information content (AvgIpc) is 2.44. The van der Waals surface area contributed by atoms with E-state index >= 15 is 0 Å². The standard InChI is InChI=1S/C14H13F2O4P/c1-2-18-21(17,19-13-9-5-3-7-11(13)15)20-14-10-6-4-8-12(14)16/h3-10H,2H2,1H3. The highest BCUT2D eigenvalue weighted by Gasteiger charge is 2.32. The Balaban J connectivity index is 2.27. The molecule has 2 rings (SSSR count). The number of phosphoric ester groups is 1. The first-order valence-corrected chi connectivity index (χ1v) is 7.63. The molecule has 0 fully saturated rings. The van der Waals surface area contributed by atoms with Crippen molar-refractivity contribution < 1.29 is 26.9 Å². The molecule has 0 saturated heterocycles. The highest BCUT2D eigenvalue weighted by Crippen LogP contribution is 2.50. The zero-order valence-electron chi connectivity index (χ0n) is 11.2. The van der Waals surface area contributed by atoms with Crippen LogP contribution in [-0.4, -0.2) is 6.61 Å². The van der Waals surface area contributed by atoms with Gasteiger partial charge in [-0.25, -0.2) is 13.3 Å². The van der Waals surface area contributed by atoms with E-state index in [1.807, 2.05) is 0 Å². The molecule has 7 heteroatoms. The molecular formula is C14H13F2O4P. The zero-order valence-corrected chi connectivity index (χ0v) is 12.1. The summed E-state index contributed by atoms with van der Waals surface area (Å²) in [7, 11) is -4.20. The lowest BCUT2D eigenvalue weighted by molar-refractivity contribution is 0.214. The molecule has 0 aromatic heterocycles. The van der Waals surface area contributed by atoms with E-state index in [-0.39, 0.29) is 18.1 Å². The second-order valence-corrected chi connectivity index (χ2v) is 5.43. The van der Waals surface area contributed by atoms with Gasteiger partial charge < -0.3 is 9.05 Å². The summed E-state index contributed by atoms with van der Waals surface area (Å²) in [6.45, 7) is 1.54. The summed E-state index contributed by atoms with van der Waals surface area (Å²) in [6, 6.07) is 10.7. The molecule has 0 unspecified atom stereocenters. The Morgan fingerprint density at radius 2 is 1.33 bits per heavy atom. The van der Waals surface area contributed by atoms with Crippen LogP contribution in [0.4, 0.5) is 8.78 Å². The Bertz CT molecular complexity index is 611. The monoisotopic (exact) mass is 314 g/mol. The van der Waals surface area contributed by atoms with E-state index in [1.165, 1.54) is 36.4 Å². The normalized spacial score (nSPS) is 11.2. The van der Waals surface area contributed by atoms with Crippen LogP contribution < -0.4 is 9.05 Å². The lowest BCUT2D eigenvalue weighted by Gasteiger charge is -2.18. The fourth-order valence-corrected chi connectivity index (χ4v) is 2.74. The molecule has 0 heterocycles. The lowest BCUT2D eigenvalue weighted by Crippen LogP contribution is -2.06. The quantitative estimate of drug-likeness (QED) is 0.733. The van der Waals surface area contributed by atoms with Gasteiger partial charge in [-0.2, -0.15) is 0 Å². The van der Waals surface area contributed by atoms with Crippen LogP contribution >= 0.6 is 7.82 Å². The summed E-state index contributed by atoms with van der Waals surface area (Å²) in [6.07, 6.45) is 0. The number of hydrogen-bond donors (Lipinski definition) is 0. The maximum absolute atomic E-state index is 13.5. The molecule has 0 aliphatic heterocycles. The summed E-state index contributed by atoms with van der Waals surface area (Å²) in [5, 5.41) is 0. The summed E-state index contributed by atoms with van der Waals surface area (Å²) >= 11 is 0. The minimum atomic E-state index is -4.20. The fourth-order valence-electron chi connectivity index (χ4n) is 1.51. The van der Waals surface area contributed by atoms with Crippen molar-refractivity contribution in [2.45, 2.75) is 6.92 Å². The third-order valence-corrected chi connectivity index (χ3v) is 3.80. The minimum Gasteiger partial charge on any atom is -0.392 e. The van der Waals surface area contributed by atoms with Crippen molar-refractivity contribution in [2.75, 3.05) is 6.61 Å². The van der Waals surface area contributed by atoms with Crippen LogP contribution in [0.2, 0.25) is 0 Å². The van der Waals surface area contributed by atoms with Crippen molar-refractivity contribution in [3.63, 3.8) is 0 Å².